The summed E-state index contributed by atoms with van der Waals surface area (Å²) in [5, 5.41) is 0. The first kappa shape index (κ1) is 13.8. The zero-order valence-electron chi connectivity index (χ0n) is 13.3. The minimum absolute atomic E-state index is 0.704. The molecule has 3 atom stereocenters. The van der Waals surface area contributed by atoms with Crippen molar-refractivity contribution in [1.82, 2.24) is 0 Å². The maximum Gasteiger partial charge on any atom is 0.107 e. The Morgan fingerprint density at radius 2 is 1.73 bits per heavy atom. The Morgan fingerprint density at radius 1 is 0.955 bits per heavy atom. The lowest BCUT2D eigenvalue weighted by Gasteiger charge is -2.31. The Kier molecular flexibility index (Phi) is 3.59. The summed E-state index contributed by atoms with van der Waals surface area (Å²) in [5.74, 6) is 0. The molecule has 0 radical (unpaired) electrons. The number of aryl methyl sites for hydroxylation is 1. The topological polar surface area (TPSA) is 4.44 Å². The van der Waals surface area contributed by atoms with Gasteiger partial charge >= 0.3 is 0 Å². The first-order chi connectivity index (χ1) is 10.8. The molecule has 1 nitrogen and oxygen atoms in total. The van der Waals surface area contributed by atoms with Crippen LogP contribution in [0.1, 0.15) is 36.0 Å². The molecule has 4 rings (SSSR count). The number of hydrogen-bond donors (Lipinski definition) is 1. The average molecular weight is 290 g/mol. The lowest BCUT2D eigenvalue weighted by Crippen LogP contribution is -3.16. The summed E-state index contributed by atoms with van der Waals surface area (Å²) in [6.45, 7) is 3.34. The van der Waals surface area contributed by atoms with E-state index in [2.05, 4.69) is 67.6 Å². The largest absolute Gasteiger partial charge is 0.323 e. The first-order valence-corrected chi connectivity index (χ1v) is 8.47. The van der Waals surface area contributed by atoms with E-state index in [4.69, 9.17) is 0 Å². The highest BCUT2D eigenvalue weighted by atomic mass is 15.2. The summed E-state index contributed by atoms with van der Waals surface area (Å²) in [4.78, 5) is 1.78. The lowest BCUT2D eigenvalue weighted by atomic mass is 9.94. The van der Waals surface area contributed by atoms with Crippen LogP contribution in [0.4, 0.5) is 0 Å². The first-order valence-electron chi connectivity index (χ1n) is 8.47. The van der Waals surface area contributed by atoms with Gasteiger partial charge in [-0.05, 0) is 24.1 Å². The molecule has 0 amide bonds. The zero-order valence-corrected chi connectivity index (χ0v) is 13.3. The summed E-state index contributed by atoms with van der Waals surface area (Å²) in [5.41, 5.74) is 5.83. The van der Waals surface area contributed by atoms with Gasteiger partial charge in [-0.1, -0.05) is 60.2 Å². The summed E-state index contributed by atoms with van der Waals surface area (Å²) < 4.78 is 0. The second-order valence-electron chi connectivity index (χ2n) is 6.88. The minimum Gasteiger partial charge on any atom is -0.323 e. The van der Waals surface area contributed by atoms with Crippen molar-refractivity contribution in [2.75, 3.05) is 0 Å². The van der Waals surface area contributed by atoms with Crippen molar-refractivity contribution < 1.29 is 4.90 Å². The third-order valence-corrected chi connectivity index (χ3v) is 5.37. The highest BCUT2D eigenvalue weighted by Crippen LogP contribution is 2.29. The van der Waals surface area contributed by atoms with Crippen molar-refractivity contribution in [2.24, 2.45) is 0 Å². The third-order valence-electron chi connectivity index (χ3n) is 5.37. The van der Waals surface area contributed by atoms with Crippen LogP contribution in [-0.4, -0.2) is 12.1 Å². The van der Waals surface area contributed by atoms with Gasteiger partial charge in [0.05, 0.1) is 6.04 Å². The van der Waals surface area contributed by atoms with Gasteiger partial charge < -0.3 is 4.90 Å². The average Bonchev–Trinajstić information content (AvgIpc) is 2.79. The van der Waals surface area contributed by atoms with Crippen LogP contribution in [0.5, 0.6) is 0 Å². The van der Waals surface area contributed by atoms with Gasteiger partial charge in [-0.2, -0.15) is 0 Å². The smallest absolute Gasteiger partial charge is 0.107 e. The number of quaternary nitrogens is 1. The summed E-state index contributed by atoms with van der Waals surface area (Å²) >= 11 is 0. The number of fused-ring (bicyclic) bond motifs is 2. The molecule has 112 valence electrons. The zero-order chi connectivity index (χ0) is 14.9. The Hall–Kier alpha value is -1.86. The molecule has 0 spiro atoms. The molecule has 2 heterocycles. The molecule has 1 fully saturated rings. The van der Waals surface area contributed by atoms with Gasteiger partial charge in [0.1, 0.15) is 12.6 Å². The van der Waals surface area contributed by atoms with E-state index >= 15 is 0 Å². The van der Waals surface area contributed by atoms with Crippen LogP contribution in [0.3, 0.4) is 0 Å². The normalized spacial score (nSPS) is 26.8. The maximum absolute atomic E-state index is 2.56. The predicted octanol–water partition coefficient (Wildman–Crippen LogP) is 3.40. The van der Waals surface area contributed by atoms with E-state index in [9.17, 15) is 0 Å². The fraction of sp³-hybridized carbons (Fsp3) is 0.333. The highest BCUT2D eigenvalue weighted by Gasteiger charge is 2.40. The van der Waals surface area contributed by atoms with Crippen LogP contribution in [0, 0.1) is 6.92 Å². The summed E-state index contributed by atoms with van der Waals surface area (Å²) in [7, 11) is 0. The van der Waals surface area contributed by atoms with E-state index in [-0.39, 0.29) is 0 Å². The van der Waals surface area contributed by atoms with Gasteiger partial charge in [-0.25, -0.2) is 0 Å². The van der Waals surface area contributed by atoms with Gasteiger partial charge in [0.25, 0.3) is 0 Å². The van der Waals surface area contributed by atoms with Crippen LogP contribution >= 0.6 is 0 Å². The quantitative estimate of drug-likeness (QED) is 0.884. The van der Waals surface area contributed by atoms with Crippen molar-refractivity contribution in [2.45, 2.75) is 44.8 Å². The number of nitrogens with one attached hydrogen (secondary N) is 1. The number of benzene rings is 2. The Bertz CT molecular complexity index is 669. The van der Waals surface area contributed by atoms with Crippen molar-refractivity contribution in [3.8, 4) is 0 Å². The van der Waals surface area contributed by atoms with Gasteiger partial charge in [-0.15, -0.1) is 0 Å². The molecular weight excluding hydrogens is 266 g/mol. The van der Waals surface area contributed by atoms with E-state index in [1.165, 1.54) is 42.5 Å². The van der Waals surface area contributed by atoms with E-state index in [0.717, 1.165) is 6.04 Å². The van der Waals surface area contributed by atoms with E-state index in [1.54, 1.807) is 10.5 Å². The molecule has 0 aliphatic carbocycles. The molecule has 1 N–H and O–H groups in total. The van der Waals surface area contributed by atoms with Gasteiger partial charge in [0, 0.05) is 24.8 Å². The van der Waals surface area contributed by atoms with Gasteiger partial charge in [0.15, 0.2) is 0 Å². The lowest BCUT2D eigenvalue weighted by molar-refractivity contribution is -0.944. The van der Waals surface area contributed by atoms with Crippen LogP contribution in [0.2, 0.25) is 0 Å². The minimum atomic E-state index is 0.704. The molecule has 1 saturated heterocycles. The third kappa shape index (κ3) is 2.62. The molecule has 2 aromatic carbocycles. The number of hydrogen-bond acceptors (Lipinski definition) is 0. The van der Waals surface area contributed by atoms with Gasteiger partial charge in [-0.3, -0.25) is 0 Å². The van der Waals surface area contributed by atoms with Crippen LogP contribution in [-0.2, 0) is 6.54 Å². The van der Waals surface area contributed by atoms with E-state index < -0.39 is 0 Å². The molecule has 2 aromatic rings. The molecule has 22 heavy (non-hydrogen) atoms. The molecule has 0 aromatic heterocycles. The number of rotatable bonds is 3. The fourth-order valence-electron chi connectivity index (χ4n) is 4.14. The maximum atomic E-state index is 2.56. The molecule has 2 aliphatic heterocycles. The van der Waals surface area contributed by atoms with Crippen molar-refractivity contribution in [3.63, 3.8) is 0 Å². The second kappa shape index (κ2) is 5.73. The predicted molar refractivity (Wildman–Crippen MR) is 91.7 cm³/mol. The molecule has 1 heteroatoms. The van der Waals surface area contributed by atoms with E-state index in [0.29, 0.717) is 6.04 Å². The van der Waals surface area contributed by atoms with E-state index in [1.807, 2.05) is 0 Å². The van der Waals surface area contributed by atoms with Gasteiger partial charge in [0.2, 0.25) is 0 Å². The SMILES string of the molecule is Cc1ccc(C2=C[C@H]3CC[C@@H](C2)[NH+]3Cc2ccccc2)cc1. The molecule has 0 saturated carbocycles. The molecule has 2 aliphatic rings. The highest BCUT2D eigenvalue weighted by molar-refractivity contribution is 5.67. The standard InChI is InChI=1S/C21H23N/c1-16-7-9-18(10-8-16)19-13-20-11-12-21(14-19)22(20)15-17-5-3-2-4-6-17/h2-10,13,20-21H,11-12,14-15H2,1H3/p+1/t20-,21+/m1/s1. The Morgan fingerprint density at radius 3 is 2.45 bits per heavy atom. The Labute approximate surface area is 133 Å². The monoisotopic (exact) mass is 290 g/mol. The summed E-state index contributed by atoms with van der Waals surface area (Å²) in [6.07, 6.45) is 6.52. The molecule has 2 bridgehead atoms. The van der Waals surface area contributed by atoms with Crippen molar-refractivity contribution in [3.05, 3.63) is 77.4 Å². The van der Waals surface area contributed by atoms with Crippen molar-refractivity contribution >= 4 is 5.57 Å². The molecule has 1 unspecified atom stereocenters. The second-order valence-corrected chi connectivity index (χ2v) is 6.88. The van der Waals surface area contributed by atoms with Crippen molar-refractivity contribution in [1.29, 1.82) is 0 Å². The van der Waals surface area contributed by atoms with Crippen LogP contribution in [0.25, 0.3) is 5.57 Å². The molecular formula is C21H24N+. The van der Waals surface area contributed by atoms with Crippen LogP contribution in [0.15, 0.2) is 60.7 Å². The van der Waals surface area contributed by atoms with Crippen LogP contribution < -0.4 is 4.90 Å². The Balaban J connectivity index is 1.56. The fourth-order valence-corrected chi connectivity index (χ4v) is 4.14. The summed E-state index contributed by atoms with van der Waals surface area (Å²) in [6, 6.07) is 21.5.